The summed E-state index contributed by atoms with van der Waals surface area (Å²) in [6.07, 6.45) is 9.94. The summed E-state index contributed by atoms with van der Waals surface area (Å²) in [5, 5.41) is 21.4. The number of tetrazole rings is 1. The van der Waals surface area contributed by atoms with Crippen molar-refractivity contribution in [1.29, 1.82) is 0 Å². The van der Waals surface area contributed by atoms with Gasteiger partial charge < -0.3 is 56.4 Å². The van der Waals surface area contributed by atoms with Crippen molar-refractivity contribution in [2.75, 3.05) is 46.2 Å². The van der Waals surface area contributed by atoms with E-state index in [2.05, 4.69) is 85.7 Å². The molecule has 0 aliphatic carbocycles. The average molecular weight is 948 g/mol. The summed E-state index contributed by atoms with van der Waals surface area (Å²) < 4.78 is 54.7. The lowest BCUT2D eigenvalue weighted by Crippen LogP contribution is -2.45. The molecule has 8 saturated heterocycles. The number of H-pyrrole nitrogens is 1. The Labute approximate surface area is 401 Å². The molecule has 9 rings (SSSR count). The summed E-state index contributed by atoms with van der Waals surface area (Å²) in [5.74, 6) is 1.50. The van der Waals surface area contributed by atoms with E-state index < -0.39 is 50.2 Å². The highest BCUT2D eigenvalue weighted by atomic mass is 31.2. The first-order chi connectivity index (χ1) is 31.1. The van der Waals surface area contributed by atoms with Crippen LogP contribution in [0.3, 0.4) is 0 Å². The second-order valence-electron chi connectivity index (χ2n) is 20.1. The lowest BCUT2D eigenvalue weighted by Gasteiger charge is -2.38. The van der Waals surface area contributed by atoms with E-state index in [1.54, 1.807) is 0 Å². The van der Waals surface area contributed by atoms with Crippen LogP contribution in [0.5, 0.6) is 0 Å². The van der Waals surface area contributed by atoms with Crippen molar-refractivity contribution < 1.29 is 46.7 Å². The molecule has 8 aliphatic heterocycles. The molecule has 18 atom stereocenters. The number of aliphatic hydroxyl groups excluding tert-OH is 1. The van der Waals surface area contributed by atoms with Gasteiger partial charge in [-0.3, -0.25) is 0 Å². The predicted molar refractivity (Wildman–Crippen MR) is 253 cm³/mol. The Kier molecular flexibility index (Phi) is 17.4. The molecule has 0 aromatic carbocycles. The van der Waals surface area contributed by atoms with E-state index in [0.29, 0.717) is 31.6 Å². The van der Waals surface area contributed by atoms with Crippen LogP contribution in [0.4, 0.5) is 0 Å². The van der Waals surface area contributed by atoms with E-state index in [1.807, 2.05) is 6.66 Å². The highest BCUT2D eigenvalue weighted by molar-refractivity contribution is 7.46. The highest BCUT2D eigenvalue weighted by Gasteiger charge is 2.66. The molecule has 16 nitrogen and oxygen atoms in total. The SMILES string of the molecule is [B]C12CCC(CC)(O1)C(OP(C)OCC[N+]#[C-])C2C.[B]C12CCC(CO)(O1)C(C)C2C.[B]C12CCC(COP(OCC[N+]#[C-])OC3C(C)C4([B])CCC3(CC)O4)(O1)C(C)C2C.c1nn[nH]n1. The third-order valence-corrected chi connectivity index (χ3v) is 19.2. The highest BCUT2D eigenvalue weighted by Crippen LogP contribution is 2.62. The van der Waals surface area contributed by atoms with E-state index in [9.17, 15) is 5.11 Å². The molecule has 22 heteroatoms. The van der Waals surface area contributed by atoms with Crippen molar-refractivity contribution in [3.05, 3.63) is 29.2 Å². The molecular weight excluding hydrogens is 878 g/mol. The van der Waals surface area contributed by atoms with E-state index in [4.69, 9.17) is 86.1 Å². The first-order valence-corrected chi connectivity index (χ1v) is 26.5. The summed E-state index contributed by atoms with van der Waals surface area (Å²) in [4.78, 5) is 6.65. The van der Waals surface area contributed by atoms with Crippen LogP contribution in [0.2, 0.25) is 0 Å². The van der Waals surface area contributed by atoms with Gasteiger partial charge in [-0.1, -0.05) is 60.6 Å². The van der Waals surface area contributed by atoms with Gasteiger partial charge in [-0.05, 0) is 87.9 Å². The Morgan fingerprint density at radius 1 is 0.636 bits per heavy atom. The summed E-state index contributed by atoms with van der Waals surface area (Å²) in [6, 6.07) is 0. The van der Waals surface area contributed by atoms with Crippen LogP contribution in [-0.4, -0.2) is 160 Å². The third-order valence-electron chi connectivity index (χ3n) is 17.0. The van der Waals surface area contributed by atoms with Crippen molar-refractivity contribution in [1.82, 2.24) is 20.6 Å². The molecule has 8 radical (unpaired) electrons. The molecule has 0 saturated carbocycles. The van der Waals surface area contributed by atoms with Crippen LogP contribution in [-0.2, 0) is 41.6 Å². The average Bonchev–Trinajstić information content (AvgIpc) is 4.20. The number of rotatable bonds is 16. The molecule has 66 heavy (non-hydrogen) atoms. The van der Waals surface area contributed by atoms with Gasteiger partial charge in [0.1, 0.15) is 50.7 Å². The Bertz CT molecular complexity index is 1830. The number of nitrogens with zero attached hydrogens (tertiary/aromatic N) is 5. The molecule has 8 aliphatic rings. The van der Waals surface area contributed by atoms with E-state index in [1.165, 1.54) is 6.33 Å². The molecule has 0 spiro atoms. The molecule has 9 heterocycles. The van der Waals surface area contributed by atoms with Crippen molar-refractivity contribution in [3.63, 3.8) is 0 Å². The minimum absolute atomic E-state index is 0.000279. The maximum absolute atomic E-state index is 9.27. The zero-order valence-corrected chi connectivity index (χ0v) is 42.4. The first-order valence-electron chi connectivity index (χ1n) is 23.8. The van der Waals surface area contributed by atoms with Gasteiger partial charge in [0.25, 0.3) is 0 Å². The molecule has 18 unspecified atom stereocenters. The van der Waals surface area contributed by atoms with Crippen molar-refractivity contribution in [2.45, 2.75) is 176 Å². The van der Waals surface area contributed by atoms with Gasteiger partial charge in [-0.25, -0.2) is 13.1 Å². The summed E-state index contributed by atoms with van der Waals surface area (Å²) in [6.45, 7) is 34.5. The number of nitrogens with one attached hydrogen (secondary N) is 1. The van der Waals surface area contributed by atoms with Gasteiger partial charge >= 0.3 is 8.60 Å². The molecular formula is C44H70B4N6O10P2. The molecule has 1 aromatic heterocycles. The van der Waals surface area contributed by atoms with Crippen molar-refractivity contribution in [2.24, 2.45) is 35.5 Å². The van der Waals surface area contributed by atoms with E-state index >= 15 is 0 Å². The van der Waals surface area contributed by atoms with Crippen LogP contribution in [0, 0.1) is 48.7 Å². The summed E-state index contributed by atoms with van der Waals surface area (Å²) in [5.41, 5.74) is -3.58. The maximum Gasteiger partial charge on any atom is 0.333 e. The number of aromatic nitrogens is 4. The van der Waals surface area contributed by atoms with Gasteiger partial charge in [-0.15, -0.1) is 10.2 Å². The lowest BCUT2D eigenvalue weighted by molar-refractivity contribution is -0.0692. The second kappa shape index (κ2) is 21.2. The number of aliphatic hydroxyl groups is 1. The lowest BCUT2D eigenvalue weighted by atomic mass is 9.61. The number of aromatic amines is 1. The largest absolute Gasteiger partial charge is 0.393 e. The van der Waals surface area contributed by atoms with Crippen LogP contribution in [0.15, 0.2) is 6.33 Å². The van der Waals surface area contributed by atoms with Crippen LogP contribution < -0.4 is 0 Å². The predicted octanol–water partition coefficient (Wildman–Crippen LogP) is 6.33. The van der Waals surface area contributed by atoms with Crippen LogP contribution >= 0.6 is 17.0 Å². The van der Waals surface area contributed by atoms with Gasteiger partial charge in [0.2, 0.25) is 13.1 Å². The standard InChI is InChI=1S/C21H32B2NO5P.C13H21BNO3P.C9H15BO2.CH2N4/c1-6-18-7-9-21(23,28-18)16(4)17(18)27-30(25-12-11-24-5)26-13-19-8-10-20(22,29-19)15(3)14(19)2;1-5-12-6-7-13(14,18-12)10(2)11(12)17-19(4)16-9-8-15-3;1-6-7(2)9(10)4-3-8(6,5-11)12-9;1-2-4-5-3-1/h14-17H,6-13H2,1-4H3;10-11H,5-9H2,1-2,4H3;6-7,11H,3-5H2,1-2H3;1H,(H,2,3,4,5). The molecule has 1 aromatic rings. The van der Waals surface area contributed by atoms with Gasteiger partial charge in [0.05, 0.1) is 41.7 Å². The Morgan fingerprint density at radius 3 is 1.47 bits per heavy atom. The maximum atomic E-state index is 9.27. The third kappa shape index (κ3) is 10.3. The zero-order chi connectivity index (χ0) is 48.4. The Balaban J connectivity index is 0.000000169. The molecule has 8 bridgehead atoms. The van der Waals surface area contributed by atoms with E-state index in [-0.39, 0.29) is 66.8 Å². The Hall–Kier alpha value is -1.23. The molecule has 0 amide bonds. The first kappa shape index (κ1) is 54.1. The fourth-order valence-corrected chi connectivity index (χ4v) is 14.3. The minimum atomic E-state index is -1.67. The van der Waals surface area contributed by atoms with Crippen LogP contribution in [0.1, 0.15) is 120 Å². The Morgan fingerprint density at radius 2 is 1.08 bits per heavy atom. The smallest absolute Gasteiger partial charge is 0.333 e. The summed E-state index contributed by atoms with van der Waals surface area (Å²) >= 11 is 0. The normalized spacial score (nSPS) is 46.1. The summed E-state index contributed by atoms with van der Waals surface area (Å²) in [7, 11) is 22.7. The topological polar surface area (TPSA) is 166 Å². The van der Waals surface area contributed by atoms with E-state index in [0.717, 1.165) is 64.2 Å². The fourth-order valence-electron chi connectivity index (χ4n) is 11.9. The quantitative estimate of drug-likeness (QED) is 0.0819. The number of hydrogen-bond acceptors (Lipinski definition) is 13. The number of ether oxygens (including phenoxy) is 4. The van der Waals surface area contributed by atoms with Crippen molar-refractivity contribution >= 4 is 48.4 Å². The molecule has 2 N–H and O–H groups in total. The monoisotopic (exact) mass is 949 g/mol. The van der Waals surface area contributed by atoms with Gasteiger partial charge in [0, 0.05) is 40.5 Å². The fraction of sp³-hybridized carbons (Fsp3) is 0.932. The zero-order valence-electron chi connectivity index (χ0n) is 40.6. The number of fused-ring (bicyclic) bond motifs is 8. The van der Waals surface area contributed by atoms with Crippen LogP contribution in [0.25, 0.3) is 9.69 Å². The minimum Gasteiger partial charge on any atom is -0.393 e. The number of hydrogen-bond donors (Lipinski definition) is 2. The second-order valence-corrected chi connectivity index (χ2v) is 22.6. The van der Waals surface area contributed by atoms with Gasteiger partial charge in [-0.2, -0.15) is 5.21 Å². The van der Waals surface area contributed by atoms with Crippen molar-refractivity contribution in [3.8, 4) is 0 Å². The molecule has 358 valence electrons. The molecule has 8 fully saturated rings. The van der Waals surface area contributed by atoms with Gasteiger partial charge in [0.15, 0.2) is 14.7 Å².